The lowest BCUT2D eigenvalue weighted by Crippen LogP contribution is -2.03. The number of carbonyl (C=O) groups is 1. The zero-order valence-corrected chi connectivity index (χ0v) is 12.8. The van der Waals surface area contributed by atoms with Crippen LogP contribution in [0.5, 0.6) is 0 Å². The molecule has 1 rings (SSSR count). The van der Waals surface area contributed by atoms with Gasteiger partial charge in [0.25, 0.3) is 0 Å². The van der Waals surface area contributed by atoms with E-state index < -0.39 is 0 Å². The maximum atomic E-state index is 11.2. The van der Waals surface area contributed by atoms with Crippen molar-refractivity contribution in [3.63, 3.8) is 0 Å². The molecule has 0 heterocycles. The van der Waals surface area contributed by atoms with Crippen LogP contribution in [-0.4, -0.2) is 5.78 Å². The molecule has 1 aromatic carbocycles. The van der Waals surface area contributed by atoms with Crippen LogP contribution < -0.4 is 0 Å². The fourth-order valence-electron chi connectivity index (χ4n) is 0.935. The van der Waals surface area contributed by atoms with E-state index in [2.05, 4.69) is 61.1 Å². The molecule has 13 heavy (non-hydrogen) atoms. The summed E-state index contributed by atoms with van der Waals surface area (Å²) in [5.74, 6) is 0.139. The van der Waals surface area contributed by atoms with Crippen LogP contribution in [0.1, 0.15) is 17.3 Å². The van der Waals surface area contributed by atoms with Gasteiger partial charge in [0, 0.05) is 7.14 Å². The monoisotopic (exact) mass is 464 g/mol. The highest BCUT2D eigenvalue weighted by Crippen LogP contribution is 2.30. The first-order valence-corrected chi connectivity index (χ1v) is 6.69. The molecule has 0 spiro atoms. The van der Waals surface area contributed by atoms with Gasteiger partial charge in [-0.2, -0.15) is 0 Å². The van der Waals surface area contributed by atoms with Gasteiger partial charge in [-0.1, -0.05) is 28.1 Å². The van der Waals surface area contributed by atoms with E-state index in [1.807, 2.05) is 18.2 Å². The van der Waals surface area contributed by atoms with E-state index in [0.717, 1.165) is 9.13 Å². The normalized spacial score (nSPS) is 12.6. The number of halogens is 3. The summed E-state index contributed by atoms with van der Waals surface area (Å²) in [5.41, 5.74) is 1.06. The molecule has 0 saturated heterocycles. The predicted octanol–water partition coefficient (Wildman–Crippen LogP) is 3.92. The molecule has 1 nitrogen and oxygen atoms in total. The van der Waals surface area contributed by atoms with E-state index in [-0.39, 0.29) is 10.6 Å². The van der Waals surface area contributed by atoms with Crippen LogP contribution in [0.15, 0.2) is 18.2 Å². The Morgan fingerprint density at radius 3 is 2.62 bits per heavy atom. The van der Waals surface area contributed by atoms with Gasteiger partial charge in [-0.25, -0.2) is 0 Å². The fraction of sp³-hybridized carbons (Fsp3) is 0.222. The lowest BCUT2D eigenvalue weighted by atomic mass is 10.1. The molecule has 0 N–H and O–H groups in total. The minimum atomic E-state index is -0.172. The highest BCUT2D eigenvalue weighted by atomic mass is 127. The SMILES string of the molecule is CC(=O)C(Br)c1cccc(I)c1I. The van der Waals surface area contributed by atoms with Crippen LogP contribution in [-0.2, 0) is 4.79 Å². The number of alkyl halides is 1. The Hall–Kier alpha value is 0.830. The molecule has 1 aromatic rings. The first-order chi connectivity index (χ1) is 6.04. The van der Waals surface area contributed by atoms with Crippen LogP contribution >= 0.6 is 61.1 Å². The summed E-state index contributed by atoms with van der Waals surface area (Å²) in [6, 6.07) is 5.98. The van der Waals surface area contributed by atoms with E-state index in [0.29, 0.717) is 0 Å². The van der Waals surface area contributed by atoms with Crippen molar-refractivity contribution in [1.82, 2.24) is 0 Å². The van der Waals surface area contributed by atoms with Crippen LogP contribution in [0.4, 0.5) is 0 Å². The maximum absolute atomic E-state index is 11.2. The molecule has 0 aliphatic heterocycles. The molecule has 0 aromatic heterocycles. The van der Waals surface area contributed by atoms with Crippen molar-refractivity contribution in [2.24, 2.45) is 0 Å². The van der Waals surface area contributed by atoms with E-state index in [4.69, 9.17) is 0 Å². The van der Waals surface area contributed by atoms with Crippen LogP contribution in [0.3, 0.4) is 0 Å². The van der Waals surface area contributed by atoms with Crippen molar-refractivity contribution in [2.45, 2.75) is 11.8 Å². The third-order valence-electron chi connectivity index (χ3n) is 1.61. The van der Waals surface area contributed by atoms with E-state index in [9.17, 15) is 4.79 Å². The number of Topliss-reactive ketones (excluding diaryl/α,β-unsaturated/α-hetero) is 1. The average Bonchev–Trinajstić information content (AvgIpc) is 2.08. The van der Waals surface area contributed by atoms with Crippen LogP contribution in [0.2, 0.25) is 0 Å². The average molecular weight is 465 g/mol. The summed E-state index contributed by atoms with van der Waals surface area (Å²) < 4.78 is 2.33. The maximum Gasteiger partial charge on any atom is 0.147 e. The van der Waals surface area contributed by atoms with Crippen molar-refractivity contribution in [2.75, 3.05) is 0 Å². The lowest BCUT2D eigenvalue weighted by molar-refractivity contribution is -0.116. The Morgan fingerprint density at radius 2 is 2.08 bits per heavy atom. The van der Waals surface area contributed by atoms with Gasteiger partial charge in [0.05, 0.1) is 4.83 Å². The Balaban J connectivity index is 3.15. The third-order valence-corrected chi connectivity index (χ3v) is 5.88. The molecular formula is C9H7BrI2O. The van der Waals surface area contributed by atoms with Crippen molar-refractivity contribution in [3.05, 3.63) is 30.9 Å². The van der Waals surface area contributed by atoms with Crippen molar-refractivity contribution in [3.8, 4) is 0 Å². The van der Waals surface area contributed by atoms with Gasteiger partial charge in [0.15, 0.2) is 0 Å². The number of rotatable bonds is 2. The topological polar surface area (TPSA) is 17.1 Å². The molecule has 0 aliphatic carbocycles. The molecule has 0 aliphatic rings. The molecular weight excluding hydrogens is 458 g/mol. The van der Waals surface area contributed by atoms with Crippen molar-refractivity contribution < 1.29 is 4.79 Å². The minimum absolute atomic E-state index is 0.139. The van der Waals surface area contributed by atoms with E-state index >= 15 is 0 Å². The largest absolute Gasteiger partial charge is 0.298 e. The van der Waals surface area contributed by atoms with Crippen LogP contribution in [0, 0.1) is 7.14 Å². The Labute approximate surface area is 113 Å². The minimum Gasteiger partial charge on any atom is -0.298 e. The standard InChI is InChI=1S/C9H7BrI2O/c1-5(13)8(10)6-3-2-4-7(11)9(6)12/h2-4,8H,1H3. The summed E-state index contributed by atoms with van der Waals surface area (Å²) in [6.07, 6.45) is 0. The lowest BCUT2D eigenvalue weighted by Gasteiger charge is -2.09. The Morgan fingerprint density at radius 1 is 1.46 bits per heavy atom. The summed E-state index contributed by atoms with van der Waals surface area (Å²) in [4.78, 5) is 11.0. The summed E-state index contributed by atoms with van der Waals surface area (Å²) >= 11 is 7.91. The summed E-state index contributed by atoms with van der Waals surface area (Å²) in [7, 11) is 0. The first kappa shape index (κ1) is 11.9. The van der Waals surface area contributed by atoms with E-state index in [1.54, 1.807) is 6.92 Å². The fourth-order valence-corrected chi connectivity index (χ4v) is 2.93. The molecule has 70 valence electrons. The molecule has 4 heteroatoms. The second-order valence-corrected chi connectivity index (χ2v) is 5.77. The second kappa shape index (κ2) is 5.06. The predicted molar refractivity (Wildman–Crippen MR) is 74.2 cm³/mol. The van der Waals surface area contributed by atoms with Gasteiger partial charge in [-0.15, -0.1) is 0 Å². The summed E-state index contributed by atoms with van der Waals surface area (Å²) in [6.45, 7) is 1.59. The molecule has 1 unspecified atom stereocenters. The van der Waals surface area contributed by atoms with Gasteiger partial charge >= 0.3 is 0 Å². The molecule has 1 atom stereocenters. The van der Waals surface area contributed by atoms with Gasteiger partial charge in [-0.05, 0) is 63.7 Å². The molecule has 0 amide bonds. The quantitative estimate of drug-likeness (QED) is 0.479. The van der Waals surface area contributed by atoms with Crippen molar-refractivity contribution in [1.29, 1.82) is 0 Å². The van der Waals surface area contributed by atoms with Gasteiger partial charge in [0.2, 0.25) is 0 Å². The molecule has 0 radical (unpaired) electrons. The number of hydrogen-bond donors (Lipinski definition) is 0. The van der Waals surface area contributed by atoms with Gasteiger partial charge in [0.1, 0.15) is 5.78 Å². The van der Waals surface area contributed by atoms with Crippen molar-refractivity contribution >= 4 is 66.9 Å². The number of carbonyl (C=O) groups excluding carboxylic acids is 1. The number of ketones is 1. The molecule has 0 bridgehead atoms. The second-order valence-electron chi connectivity index (χ2n) is 2.62. The first-order valence-electron chi connectivity index (χ1n) is 3.62. The molecule has 0 fully saturated rings. The number of hydrogen-bond acceptors (Lipinski definition) is 1. The highest BCUT2D eigenvalue weighted by molar-refractivity contribution is 14.1. The summed E-state index contributed by atoms with van der Waals surface area (Å²) in [5, 5.41) is 0. The Bertz CT molecular complexity index is 338. The number of benzene rings is 1. The van der Waals surface area contributed by atoms with Gasteiger partial charge < -0.3 is 0 Å². The highest BCUT2D eigenvalue weighted by Gasteiger charge is 2.16. The van der Waals surface area contributed by atoms with E-state index in [1.165, 1.54) is 3.57 Å². The zero-order chi connectivity index (χ0) is 10.0. The van der Waals surface area contributed by atoms with Gasteiger partial charge in [-0.3, -0.25) is 4.79 Å². The third kappa shape index (κ3) is 2.89. The van der Waals surface area contributed by atoms with Crippen LogP contribution in [0.25, 0.3) is 0 Å². The zero-order valence-electron chi connectivity index (χ0n) is 6.85. The Kier molecular flexibility index (Phi) is 4.64. The molecule has 0 saturated carbocycles. The smallest absolute Gasteiger partial charge is 0.147 e.